The number of rotatable bonds is 5. The Morgan fingerprint density at radius 3 is 2.87 bits per heavy atom. The van der Waals surface area contributed by atoms with E-state index >= 15 is 0 Å². The lowest BCUT2D eigenvalue weighted by Crippen LogP contribution is -2.13. The molecule has 1 heterocycles. The normalized spacial score (nSPS) is 12.5. The van der Waals surface area contributed by atoms with Crippen molar-refractivity contribution in [3.8, 4) is 11.8 Å². The summed E-state index contributed by atoms with van der Waals surface area (Å²) in [4.78, 5) is 14.4. The van der Waals surface area contributed by atoms with E-state index in [9.17, 15) is 10.1 Å². The molecule has 6 heteroatoms. The molecule has 4 nitrogen and oxygen atoms in total. The number of ether oxygens (including phenoxy) is 1. The number of carbonyl (C=O) groups excluding carboxylic acids is 1. The summed E-state index contributed by atoms with van der Waals surface area (Å²) in [7, 11) is 1.63. The highest BCUT2D eigenvalue weighted by Gasteiger charge is 2.22. The van der Waals surface area contributed by atoms with Crippen LogP contribution in [0.5, 0.6) is 5.75 Å². The van der Waals surface area contributed by atoms with E-state index in [1.54, 1.807) is 18.4 Å². The number of methoxy groups -OCH3 is 1. The van der Waals surface area contributed by atoms with Crippen LogP contribution in [0.15, 0.2) is 29.2 Å². The van der Waals surface area contributed by atoms with Crippen molar-refractivity contribution >= 4 is 34.0 Å². The van der Waals surface area contributed by atoms with Crippen molar-refractivity contribution in [3.63, 3.8) is 0 Å². The second-order valence-corrected chi connectivity index (χ2v) is 7.34. The van der Waals surface area contributed by atoms with Crippen molar-refractivity contribution in [3.05, 3.63) is 40.3 Å². The van der Waals surface area contributed by atoms with Crippen molar-refractivity contribution in [1.29, 1.82) is 5.26 Å². The largest absolute Gasteiger partial charge is 0.497 e. The molecule has 1 aromatic heterocycles. The molecule has 118 valence electrons. The van der Waals surface area contributed by atoms with Gasteiger partial charge in [-0.15, -0.1) is 23.1 Å². The molecule has 0 saturated carbocycles. The van der Waals surface area contributed by atoms with Gasteiger partial charge in [-0.25, -0.2) is 0 Å². The third-order valence-corrected chi connectivity index (χ3v) is 5.93. The van der Waals surface area contributed by atoms with E-state index in [1.165, 1.54) is 16.6 Å². The van der Waals surface area contributed by atoms with Crippen molar-refractivity contribution in [2.75, 3.05) is 18.2 Å². The summed E-state index contributed by atoms with van der Waals surface area (Å²) >= 11 is 3.01. The number of thiophene rings is 1. The fourth-order valence-corrected chi connectivity index (χ4v) is 4.55. The lowest BCUT2D eigenvalue weighted by Gasteiger charge is -2.05. The van der Waals surface area contributed by atoms with Crippen LogP contribution < -0.4 is 10.1 Å². The van der Waals surface area contributed by atoms with E-state index in [-0.39, 0.29) is 5.91 Å². The molecule has 1 aliphatic rings. The van der Waals surface area contributed by atoms with Gasteiger partial charge < -0.3 is 10.1 Å². The van der Waals surface area contributed by atoms with Gasteiger partial charge in [0.15, 0.2) is 0 Å². The summed E-state index contributed by atoms with van der Waals surface area (Å²) < 4.78 is 5.11. The van der Waals surface area contributed by atoms with Gasteiger partial charge in [0.2, 0.25) is 5.91 Å². The number of aryl methyl sites for hydroxylation is 1. The second kappa shape index (κ2) is 7.07. The molecule has 0 atom stereocenters. The Labute approximate surface area is 143 Å². The molecule has 1 aliphatic carbocycles. The molecule has 0 spiro atoms. The molecule has 0 aliphatic heterocycles. The molecule has 2 aromatic rings. The molecule has 0 unspecified atom stereocenters. The standard InChI is InChI=1S/C17H16N2O2S2/c1-21-11-5-7-12(8-6-11)22-10-16(20)19-17-14(9-18)13-3-2-4-15(13)23-17/h5-8H,2-4,10H2,1H3,(H,19,20). The molecule has 1 N–H and O–H groups in total. The van der Waals surface area contributed by atoms with Gasteiger partial charge in [-0.1, -0.05) is 0 Å². The SMILES string of the molecule is COc1ccc(SCC(=O)Nc2sc3c(c2C#N)CCC3)cc1. The highest BCUT2D eigenvalue weighted by Crippen LogP contribution is 2.38. The minimum Gasteiger partial charge on any atom is -0.497 e. The van der Waals surface area contributed by atoms with E-state index in [1.807, 2.05) is 24.3 Å². The summed E-state index contributed by atoms with van der Waals surface area (Å²) in [6, 6.07) is 9.84. The first-order valence-electron chi connectivity index (χ1n) is 7.32. The van der Waals surface area contributed by atoms with Crippen molar-refractivity contribution in [2.45, 2.75) is 24.2 Å². The number of amides is 1. The van der Waals surface area contributed by atoms with Crippen LogP contribution in [-0.4, -0.2) is 18.8 Å². The second-order valence-electron chi connectivity index (χ2n) is 5.19. The maximum atomic E-state index is 12.1. The van der Waals surface area contributed by atoms with Crippen LogP contribution in [0, 0.1) is 11.3 Å². The van der Waals surface area contributed by atoms with Gasteiger partial charge in [0, 0.05) is 9.77 Å². The van der Waals surface area contributed by atoms with Crippen molar-refractivity contribution in [1.82, 2.24) is 0 Å². The Balaban J connectivity index is 1.60. The first-order chi connectivity index (χ1) is 11.2. The molecule has 1 amide bonds. The van der Waals surface area contributed by atoms with Gasteiger partial charge in [0.05, 0.1) is 18.4 Å². The quantitative estimate of drug-likeness (QED) is 0.837. The molecule has 0 saturated heterocycles. The zero-order valence-electron chi connectivity index (χ0n) is 12.7. The molecule has 0 fully saturated rings. The van der Waals surface area contributed by atoms with Crippen LogP contribution in [0.1, 0.15) is 22.4 Å². The number of benzene rings is 1. The topological polar surface area (TPSA) is 62.1 Å². The van der Waals surface area contributed by atoms with E-state index in [0.717, 1.165) is 35.5 Å². The number of carbonyl (C=O) groups is 1. The smallest absolute Gasteiger partial charge is 0.235 e. The van der Waals surface area contributed by atoms with Crippen molar-refractivity contribution < 1.29 is 9.53 Å². The summed E-state index contributed by atoms with van der Waals surface area (Å²) in [5.74, 6) is 1.03. The predicted octanol–water partition coefficient (Wildman–Crippen LogP) is 3.85. The number of anilines is 1. The highest BCUT2D eigenvalue weighted by molar-refractivity contribution is 8.00. The zero-order valence-corrected chi connectivity index (χ0v) is 14.4. The van der Waals surface area contributed by atoms with Gasteiger partial charge in [-0.3, -0.25) is 4.79 Å². The van der Waals surface area contributed by atoms with Gasteiger partial charge in [-0.05, 0) is 49.1 Å². The number of hydrogen-bond donors (Lipinski definition) is 1. The maximum absolute atomic E-state index is 12.1. The lowest BCUT2D eigenvalue weighted by molar-refractivity contribution is -0.113. The molecule has 1 aromatic carbocycles. The third-order valence-electron chi connectivity index (χ3n) is 3.72. The van der Waals surface area contributed by atoms with Crippen LogP contribution in [0.25, 0.3) is 0 Å². The van der Waals surface area contributed by atoms with Gasteiger partial charge in [-0.2, -0.15) is 5.26 Å². The van der Waals surface area contributed by atoms with Crippen LogP contribution >= 0.6 is 23.1 Å². The molecule has 0 bridgehead atoms. The first-order valence-corrected chi connectivity index (χ1v) is 9.13. The minimum absolute atomic E-state index is 0.0813. The lowest BCUT2D eigenvalue weighted by atomic mass is 10.1. The van der Waals surface area contributed by atoms with E-state index in [2.05, 4.69) is 11.4 Å². The Bertz CT molecular complexity index is 760. The molecule has 23 heavy (non-hydrogen) atoms. The average Bonchev–Trinajstić information content (AvgIpc) is 3.14. The number of hydrogen-bond acceptors (Lipinski definition) is 5. The summed E-state index contributed by atoms with van der Waals surface area (Å²) in [5, 5.41) is 12.9. The minimum atomic E-state index is -0.0813. The van der Waals surface area contributed by atoms with Crippen LogP contribution in [0.4, 0.5) is 5.00 Å². The third kappa shape index (κ3) is 3.52. The Hall–Kier alpha value is -1.97. The zero-order chi connectivity index (χ0) is 16.2. The monoisotopic (exact) mass is 344 g/mol. The fourth-order valence-electron chi connectivity index (χ4n) is 2.59. The fraction of sp³-hybridized carbons (Fsp3) is 0.294. The molecular formula is C17H16N2O2S2. The Morgan fingerprint density at radius 2 is 2.17 bits per heavy atom. The summed E-state index contributed by atoms with van der Waals surface area (Å²) in [6.07, 6.45) is 3.08. The van der Waals surface area contributed by atoms with Gasteiger partial charge in [0.25, 0.3) is 0 Å². The van der Waals surface area contributed by atoms with Crippen molar-refractivity contribution in [2.24, 2.45) is 0 Å². The number of nitriles is 1. The van der Waals surface area contributed by atoms with Crippen LogP contribution in [0.2, 0.25) is 0 Å². The van der Waals surface area contributed by atoms with E-state index < -0.39 is 0 Å². The number of fused-ring (bicyclic) bond motifs is 1. The van der Waals surface area contributed by atoms with E-state index in [4.69, 9.17) is 4.74 Å². The van der Waals surface area contributed by atoms with Crippen LogP contribution in [-0.2, 0) is 17.6 Å². The number of thioether (sulfide) groups is 1. The van der Waals surface area contributed by atoms with Crippen LogP contribution in [0.3, 0.4) is 0 Å². The van der Waals surface area contributed by atoms with Gasteiger partial charge in [0.1, 0.15) is 16.8 Å². The average molecular weight is 344 g/mol. The predicted molar refractivity (Wildman–Crippen MR) is 93.4 cm³/mol. The molecule has 0 radical (unpaired) electrons. The van der Waals surface area contributed by atoms with Gasteiger partial charge >= 0.3 is 0 Å². The summed E-state index contributed by atoms with van der Waals surface area (Å²) in [6.45, 7) is 0. The number of nitrogens with one attached hydrogen (secondary N) is 1. The Kier molecular flexibility index (Phi) is 4.89. The Morgan fingerprint density at radius 1 is 1.39 bits per heavy atom. The highest BCUT2D eigenvalue weighted by atomic mass is 32.2. The first kappa shape index (κ1) is 15.9. The van der Waals surface area contributed by atoms with E-state index in [0.29, 0.717) is 16.3 Å². The molecular weight excluding hydrogens is 328 g/mol. The maximum Gasteiger partial charge on any atom is 0.235 e. The summed E-state index contributed by atoms with van der Waals surface area (Å²) in [5.41, 5.74) is 1.79. The number of nitrogens with zero attached hydrogens (tertiary/aromatic N) is 1. The molecule has 3 rings (SSSR count).